The summed E-state index contributed by atoms with van der Waals surface area (Å²) in [6, 6.07) is 9.94. The Balaban J connectivity index is 2.54. The fraction of sp³-hybridized carbons (Fsp3) is 0.250. The maximum atomic E-state index is 11.2. The van der Waals surface area contributed by atoms with Crippen molar-refractivity contribution in [3.8, 4) is 0 Å². The van der Waals surface area contributed by atoms with Crippen molar-refractivity contribution >= 4 is 5.91 Å². The van der Waals surface area contributed by atoms with Gasteiger partial charge in [-0.15, -0.1) is 6.58 Å². The third kappa shape index (κ3) is 3.05. The Morgan fingerprint density at radius 2 is 2.14 bits per heavy atom. The Kier molecular flexibility index (Phi) is 3.92. The van der Waals surface area contributed by atoms with E-state index in [9.17, 15) is 4.79 Å². The molecule has 0 heterocycles. The summed E-state index contributed by atoms with van der Waals surface area (Å²) in [7, 11) is 0. The Morgan fingerprint density at radius 1 is 1.50 bits per heavy atom. The van der Waals surface area contributed by atoms with Gasteiger partial charge in [-0.2, -0.15) is 0 Å². The summed E-state index contributed by atoms with van der Waals surface area (Å²) in [4.78, 5) is 11.2. The maximum absolute atomic E-state index is 11.2. The lowest BCUT2D eigenvalue weighted by Gasteiger charge is -2.13. The molecule has 1 atom stereocenters. The SMILES string of the molecule is C=CCC(=O)N[C@H](C)c1ccccc1. The zero-order chi connectivity index (χ0) is 10.4. The van der Waals surface area contributed by atoms with E-state index in [1.165, 1.54) is 0 Å². The van der Waals surface area contributed by atoms with Gasteiger partial charge in [0.1, 0.15) is 0 Å². The predicted molar refractivity (Wildman–Crippen MR) is 57.8 cm³/mol. The molecular weight excluding hydrogens is 174 g/mol. The first kappa shape index (κ1) is 10.5. The van der Waals surface area contributed by atoms with Gasteiger partial charge in [0.2, 0.25) is 5.91 Å². The van der Waals surface area contributed by atoms with Crippen LogP contribution in [0.5, 0.6) is 0 Å². The summed E-state index contributed by atoms with van der Waals surface area (Å²) in [6.07, 6.45) is 1.98. The Morgan fingerprint density at radius 3 is 2.71 bits per heavy atom. The fourth-order valence-electron chi connectivity index (χ4n) is 1.26. The van der Waals surface area contributed by atoms with Crippen molar-refractivity contribution in [2.24, 2.45) is 0 Å². The molecular formula is C12H15NO. The van der Waals surface area contributed by atoms with Gasteiger partial charge in [-0.05, 0) is 12.5 Å². The van der Waals surface area contributed by atoms with Crippen LogP contribution in [0.2, 0.25) is 0 Å². The van der Waals surface area contributed by atoms with Crippen LogP contribution in [0.25, 0.3) is 0 Å². The third-order valence-electron chi connectivity index (χ3n) is 2.01. The van der Waals surface area contributed by atoms with Crippen molar-refractivity contribution in [2.45, 2.75) is 19.4 Å². The van der Waals surface area contributed by atoms with Gasteiger partial charge >= 0.3 is 0 Å². The standard InChI is InChI=1S/C12H15NO/c1-3-7-12(14)13-10(2)11-8-5-4-6-9-11/h3-6,8-10H,1,7H2,2H3,(H,13,14)/t10-/m1/s1. The summed E-state index contributed by atoms with van der Waals surface area (Å²) < 4.78 is 0. The molecule has 0 aliphatic heterocycles. The smallest absolute Gasteiger partial charge is 0.224 e. The molecule has 0 fully saturated rings. The van der Waals surface area contributed by atoms with Crippen LogP contribution in [0, 0.1) is 0 Å². The molecule has 1 aromatic carbocycles. The number of amides is 1. The van der Waals surface area contributed by atoms with Crippen molar-refractivity contribution in [1.29, 1.82) is 0 Å². The highest BCUT2D eigenvalue weighted by atomic mass is 16.1. The van der Waals surface area contributed by atoms with Gasteiger partial charge in [0.25, 0.3) is 0 Å². The Labute approximate surface area is 84.6 Å². The number of nitrogens with one attached hydrogen (secondary N) is 1. The molecule has 0 bridgehead atoms. The van der Waals surface area contributed by atoms with E-state index in [0.29, 0.717) is 6.42 Å². The van der Waals surface area contributed by atoms with Crippen LogP contribution in [0.4, 0.5) is 0 Å². The molecule has 0 aromatic heterocycles. The van der Waals surface area contributed by atoms with Crippen LogP contribution < -0.4 is 5.32 Å². The van der Waals surface area contributed by atoms with Gasteiger partial charge < -0.3 is 5.32 Å². The Hall–Kier alpha value is -1.57. The van der Waals surface area contributed by atoms with E-state index in [1.54, 1.807) is 6.08 Å². The first-order chi connectivity index (χ1) is 6.74. The minimum Gasteiger partial charge on any atom is -0.349 e. The molecule has 2 nitrogen and oxygen atoms in total. The van der Waals surface area contributed by atoms with Crippen LogP contribution in [0.15, 0.2) is 43.0 Å². The number of benzene rings is 1. The number of hydrogen-bond donors (Lipinski definition) is 1. The molecule has 0 saturated heterocycles. The number of carbonyl (C=O) groups is 1. The molecule has 0 unspecified atom stereocenters. The summed E-state index contributed by atoms with van der Waals surface area (Å²) in [5.74, 6) is 0.0105. The molecule has 0 saturated carbocycles. The first-order valence-corrected chi connectivity index (χ1v) is 4.69. The summed E-state index contributed by atoms with van der Waals surface area (Å²) >= 11 is 0. The van der Waals surface area contributed by atoms with E-state index < -0.39 is 0 Å². The summed E-state index contributed by atoms with van der Waals surface area (Å²) in [6.45, 7) is 5.49. The highest BCUT2D eigenvalue weighted by molar-refractivity contribution is 5.77. The average Bonchev–Trinajstić information content (AvgIpc) is 2.19. The summed E-state index contributed by atoms with van der Waals surface area (Å²) in [5, 5.41) is 2.89. The van der Waals surface area contributed by atoms with Gasteiger partial charge in [0.05, 0.1) is 6.04 Å². The fourth-order valence-corrected chi connectivity index (χ4v) is 1.26. The highest BCUT2D eigenvalue weighted by Gasteiger charge is 2.06. The maximum Gasteiger partial charge on any atom is 0.224 e. The average molecular weight is 189 g/mol. The second-order valence-corrected chi connectivity index (χ2v) is 3.19. The molecule has 0 radical (unpaired) electrons. The molecule has 1 amide bonds. The van der Waals surface area contributed by atoms with Gasteiger partial charge in [-0.1, -0.05) is 36.4 Å². The zero-order valence-corrected chi connectivity index (χ0v) is 8.36. The first-order valence-electron chi connectivity index (χ1n) is 4.69. The van der Waals surface area contributed by atoms with Crippen molar-refractivity contribution in [1.82, 2.24) is 5.32 Å². The molecule has 0 spiro atoms. The topological polar surface area (TPSA) is 29.1 Å². The van der Waals surface area contributed by atoms with Gasteiger partial charge in [-0.25, -0.2) is 0 Å². The normalized spacial score (nSPS) is 11.8. The molecule has 14 heavy (non-hydrogen) atoms. The molecule has 1 aromatic rings. The van der Waals surface area contributed by atoms with Crippen molar-refractivity contribution in [2.75, 3.05) is 0 Å². The summed E-state index contributed by atoms with van der Waals surface area (Å²) in [5.41, 5.74) is 1.12. The number of carbonyl (C=O) groups excluding carboxylic acids is 1. The molecule has 2 heteroatoms. The van der Waals surface area contributed by atoms with Crippen molar-refractivity contribution in [3.05, 3.63) is 48.6 Å². The van der Waals surface area contributed by atoms with Crippen LogP contribution in [-0.2, 0) is 4.79 Å². The van der Waals surface area contributed by atoms with Crippen LogP contribution in [0.1, 0.15) is 24.9 Å². The molecule has 74 valence electrons. The van der Waals surface area contributed by atoms with Crippen molar-refractivity contribution < 1.29 is 4.79 Å². The van der Waals surface area contributed by atoms with E-state index in [0.717, 1.165) is 5.56 Å². The molecule has 1 rings (SSSR count). The molecule has 0 aliphatic rings. The highest BCUT2D eigenvalue weighted by Crippen LogP contribution is 2.10. The van der Waals surface area contributed by atoms with E-state index in [2.05, 4.69) is 11.9 Å². The van der Waals surface area contributed by atoms with Crippen LogP contribution in [0.3, 0.4) is 0 Å². The van der Waals surface area contributed by atoms with E-state index in [-0.39, 0.29) is 11.9 Å². The van der Waals surface area contributed by atoms with Crippen LogP contribution >= 0.6 is 0 Å². The van der Waals surface area contributed by atoms with Gasteiger partial charge in [0.15, 0.2) is 0 Å². The second kappa shape index (κ2) is 5.22. The predicted octanol–water partition coefficient (Wildman–Crippen LogP) is 2.44. The quantitative estimate of drug-likeness (QED) is 0.724. The van der Waals surface area contributed by atoms with E-state index in [1.807, 2.05) is 37.3 Å². The lowest BCUT2D eigenvalue weighted by atomic mass is 10.1. The lowest BCUT2D eigenvalue weighted by molar-refractivity contribution is -0.120. The van der Waals surface area contributed by atoms with Crippen LogP contribution in [-0.4, -0.2) is 5.91 Å². The number of rotatable bonds is 4. The third-order valence-corrected chi connectivity index (χ3v) is 2.01. The minimum absolute atomic E-state index is 0.0105. The zero-order valence-electron chi connectivity index (χ0n) is 8.36. The van der Waals surface area contributed by atoms with E-state index >= 15 is 0 Å². The lowest BCUT2D eigenvalue weighted by Crippen LogP contribution is -2.25. The van der Waals surface area contributed by atoms with Gasteiger partial charge in [-0.3, -0.25) is 4.79 Å². The molecule has 1 N–H and O–H groups in total. The number of hydrogen-bond acceptors (Lipinski definition) is 1. The van der Waals surface area contributed by atoms with Gasteiger partial charge in [0, 0.05) is 6.42 Å². The molecule has 0 aliphatic carbocycles. The Bertz CT molecular complexity index is 305. The second-order valence-electron chi connectivity index (χ2n) is 3.19. The van der Waals surface area contributed by atoms with Crippen molar-refractivity contribution in [3.63, 3.8) is 0 Å². The largest absolute Gasteiger partial charge is 0.349 e. The van der Waals surface area contributed by atoms with E-state index in [4.69, 9.17) is 0 Å². The monoisotopic (exact) mass is 189 g/mol. The minimum atomic E-state index is 0.0105.